The number of unbranched alkanes of at least 4 members (excludes halogenated alkanes) is 1. The Morgan fingerprint density at radius 3 is 2.57 bits per heavy atom. The van der Waals surface area contributed by atoms with Gasteiger partial charge in [0.2, 0.25) is 0 Å². The third-order valence-electron chi connectivity index (χ3n) is 7.10. The second-order valence-electron chi connectivity index (χ2n) is 9.42. The van der Waals surface area contributed by atoms with Crippen molar-refractivity contribution >= 4 is 21.8 Å². The Labute approximate surface area is 178 Å². The number of para-hydroxylation sites is 1. The van der Waals surface area contributed by atoms with Crippen molar-refractivity contribution in [3.8, 4) is 0 Å². The Morgan fingerprint density at radius 1 is 1.20 bits per heavy atom. The van der Waals surface area contributed by atoms with Gasteiger partial charge in [-0.3, -0.25) is 9.35 Å². The third-order valence-corrected chi connectivity index (χ3v) is 7.91. The smallest absolute Gasteiger partial charge is 0.303 e. The highest BCUT2D eigenvalue weighted by Crippen LogP contribution is 2.62. The van der Waals surface area contributed by atoms with Crippen LogP contribution < -0.4 is 4.90 Å². The number of carbonyl (C=O) groups is 1. The molecule has 1 saturated carbocycles. The normalized spacial score (nSPS) is 27.5. The first-order valence-electron chi connectivity index (χ1n) is 10.7. The summed E-state index contributed by atoms with van der Waals surface area (Å²) in [6.45, 7) is 4.96. The Hall–Kier alpha value is -1.64. The van der Waals surface area contributed by atoms with E-state index in [-0.39, 0.29) is 29.0 Å². The number of aliphatic carboxylic acids is 1. The van der Waals surface area contributed by atoms with Gasteiger partial charge in [0.1, 0.15) is 0 Å². The van der Waals surface area contributed by atoms with Crippen LogP contribution >= 0.6 is 0 Å². The fraction of sp³-hybridized carbons (Fsp3) is 0.682. The molecule has 1 aliphatic heterocycles. The molecule has 2 aliphatic rings. The summed E-state index contributed by atoms with van der Waals surface area (Å²) in [6, 6.07) is 8.21. The molecule has 3 unspecified atom stereocenters. The van der Waals surface area contributed by atoms with Crippen LogP contribution in [0, 0.1) is 5.41 Å². The van der Waals surface area contributed by atoms with E-state index >= 15 is 0 Å². The number of fused-ring (bicyclic) bond motifs is 3. The van der Waals surface area contributed by atoms with E-state index in [0.29, 0.717) is 38.6 Å². The number of hydrogen-bond donors (Lipinski definition) is 3. The van der Waals surface area contributed by atoms with Crippen LogP contribution in [0.15, 0.2) is 24.3 Å². The lowest BCUT2D eigenvalue weighted by Crippen LogP contribution is -2.59. The fourth-order valence-corrected chi connectivity index (χ4v) is 6.54. The highest BCUT2D eigenvalue weighted by atomic mass is 32.2. The molecule has 168 valence electrons. The van der Waals surface area contributed by atoms with E-state index in [1.807, 2.05) is 12.1 Å². The van der Waals surface area contributed by atoms with Gasteiger partial charge in [-0.1, -0.05) is 32.0 Å². The van der Waals surface area contributed by atoms with Crippen molar-refractivity contribution in [3.05, 3.63) is 29.8 Å². The quantitative estimate of drug-likeness (QED) is 0.400. The van der Waals surface area contributed by atoms with Gasteiger partial charge in [-0.15, -0.1) is 0 Å². The molecule has 8 heteroatoms. The number of carboxylic acid groups (broad SMARTS) is 1. The molecule has 3 N–H and O–H groups in total. The van der Waals surface area contributed by atoms with Crippen molar-refractivity contribution in [2.24, 2.45) is 5.41 Å². The third kappa shape index (κ3) is 4.36. The van der Waals surface area contributed by atoms with Gasteiger partial charge in [0.15, 0.2) is 0 Å². The summed E-state index contributed by atoms with van der Waals surface area (Å²) < 4.78 is 31.2. The molecule has 30 heavy (non-hydrogen) atoms. The maximum atomic E-state index is 11.2. The van der Waals surface area contributed by atoms with Crippen LogP contribution in [0.2, 0.25) is 0 Å². The zero-order valence-electron chi connectivity index (χ0n) is 17.7. The van der Waals surface area contributed by atoms with Crippen LogP contribution in [0.1, 0.15) is 64.4 Å². The van der Waals surface area contributed by atoms with E-state index in [1.54, 1.807) is 0 Å². The first-order valence-corrected chi connectivity index (χ1v) is 12.3. The average molecular weight is 440 g/mol. The second-order valence-corrected chi connectivity index (χ2v) is 11.0. The van der Waals surface area contributed by atoms with Crippen LogP contribution in [0.3, 0.4) is 0 Å². The Morgan fingerprint density at radius 2 is 1.90 bits per heavy atom. The summed E-state index contributed by atoms with van der Waals surface area (Å²) in [4.78, 5) is 13.5. The molecule has 1 aromatic carbocycles. The van der Waals surface area contributed by atoms with Crippen LogP contribution in [-0.2, 0) is 20.3 Å². The summed E-state index contributed by atoms with van der Waals surface area (Å²) in [7, 11) is -3.98. The monoisotopic (exact) mass is 439 g/mol. The number of carboxylic acids is 1. The minimum atomic E-state index is -3.98. The highest BCUT2D eigenvalue weighted by Gasteiger charge is 2.61. The molecule has 7 nitrogen and oxygen atoms in total. The zero-order chi connectivity index (χ0) is 22.2. The maximum absolute atomic E-state index is 11.2. The topological polar surface area (TPSA) is 115 Å². The van der Waals surface area contributed by atoms with Crippen molar-refractivity contribution < 1.29 is 28.0 Å². The van der Waals surface area contributed by atoms with Crippen molar-refractivity contribution in [1.82, 2.24) is 0 Å². The number of benzene rings is 1. The predicted octanol–water partition coefficient (Wildman–Crippen LogP) is 3.22. The van der Waals surface area contributed by atoms with Crippen LogP contribution in [0.4, 0.5) is 5.69 Å². The molecule has 1 aromatic rings. The van der Waals surface area contributed by atoms with Gasteiger partial charge < -0.3 is 15.1 Å². The molecule has 3 rings (SSSR count). The highest BCUT2D eigenvalue weighted by molar-refractivity contribution is 7.85. The van der Waals surface area contributed by atoms with Crippen molar-refractivity contribution in [3.63, 3.8) is 0 Å². The average Bonchev–Trinajstić information content (AvgIpc) is 2.88. The molecular formula is C22H33NO6S. The Balaban J connectivity index is 1.95. The first-order chi connectivity index (χ1) is 14.0. The van der Waals surface area contributed by atoms with Crippen LogP contribution in [0.5, 0.6) is 0 Å². The van der Waals surface area contributed by atoms with E-state index in [4.69, 9.17) is 4.55 Å². The Kier molecular flexibility index (Phi) is 6.51. The lowest BCUT2D eigenvalue weighted by Gasteiger charge is -2.55. The first kappa shape index (κ1) is 23.0. The molecule has 1 heterocycles. The maximum Gasteiger partial charge on any atom is 0.303 e. The summed E-state index contributed by atoms with van der Waals surface area (Å²) in [5.74, 6) is -1.06. The number of hydrogen-bond acceptors (Lipinski definition) is 5. The molecule has 0 bridgehead atoms. The van der Waals surface area contributed by atoms with E-state index in [9.17, 15) is 23.4 Å². The minimum absolute atomic E-state index is 0.0215. The van der Waals surface area contributed by atoms with Crippen molar-refractivity contribution in [2.75, 3.05) is 17.2 Å². The van der Waals surface area contributed by atoms with Gasteiger partial charge in [0, 0.05) is 30.1 Å². The molecule has 0 spiro atoms. The van der Waals surface area contributed by atoms with Gasteiger partial charge in [-0.25, -0.2) is 0 Å². The lowest BCUT2D eigenvalue weighted by molar-refractivity contribution is -0.137. The van der Waals surface area contributed by atoms with Gasteiger partial charge in [0.25, 0.3) is 10.1 Å². The van der Waals surface area contributed by atoms with Gasteiger partial charge in [0.05, 0.1) is 11.9 Å². The molecule has 0 amide bonds. The van der Waals surface area contributed by atoms with E-state index in [0.717, 1.165) is 12.1 Å². The van der Waals surface area contributed by atoms with Gasteiger partial charge in [-0.05, 0) is 55.6 Å². The number of aliphatic hydroxyl groups is 1. The van der Waals surface area contributed by atoms with E-state index in [1.165, 1.54) is 5.56 Å². The number of rotatable bonds is 9. The molecule has 1 aliphatic carbocycles. The van der Waals surface area contributed by atoms with E-state index < -0.39 is 22.2 Å². The summed E-state index contributed by atoms with van der Waals surface area (Å²) >= 11 is 0. The zero-order valence-corrected chi connectivity index (χ0v) is 18.6. The lowest BCUT2D eigenvalue weighted by atomic mass is 9.51. The second kappa shape index (κ2) is 8.48. The van der Waals surface area contributed by atoms with Crippen molar-refractivity contribution in [2.45, 2.75) is 76.4 Å². The SMILES string of the molecule is CC1(C)CC(O)CC2N(CCCCS(=O)(=O)O)c3ccccc3C21CCCC(=O)O. The fourth-order valence-electron chi connectivity index (χ4n) is 5.97. The molecule has 1 fully saturated rings. The van der Waals surface area contributed by atoms with E-state index in [2.05, 4.69) is 30.9 Å². The van der Waals surface area contributed by atoms with Crippen LogP contribution in [0.25, 0.3) is 0 Å². The molecular weight excluding hydrogens is 406 g/mol. The largest absolute Gasteiger partial charge is 0.481 e. The summed E-state index contributed by atoms with van der Waals surface area (Å²) in [6.07, 6.45) is 3.19. The predicted molar refractivity (Wildman–Crippen MR) is 115 cm³/mol. The Bertz CT molecular complexity index is 883. The van der Waals surface area contributed by atoms with Gasteiger partial charge in [-0.2, -0.15) is 8.42 Å². The molecule has 3 atom stereocenters. The summed E-state index contributed by atoms with van der Waals surface area (Å²) in [5.41, 5.74) is 1.79. The minimum Gasteiger partial charge on any atom is -0.481 e. The summed E-state index contributed by atoms with van der Waals surface area (Å²) in [5, 5.41) is 19.9. The number of anilines is 1. The molecule has 0 radical (unpaired) electrons. The van der Waals surface area contributed by atoms with Crippen molar-refractivity contribution in [1.29, 1.82) is 0 Å². The molecule has 0 saturated heterocycles. The van der Waals surface area contributed by atoms with Crippen LogP contribution in [-0.4, -0.2) is 53.6 Å². The standard InChI is InChI=1S/C22H33NO6S/c1-21(2)15-16(24)14-19-22(21,11-7-10-20(25)26)17-8-3-4-9-18(17)23(19)12-5-6-13-30(27,28)29/h3-4,8-9,16,19,24H,5-7,10-15H2,1-2H3,(H,25,26)(H,27,28,29). The van der Waals surface area contributed by atoms with Gasteiger partial charge >= 0.3 is 5.97 Å². The molecule has 0 aromatic heterocycles. The number of nitrogens with zero attached hydrogens (tertiary/aromatic N) is 1. The number of aliphatic hydroxyl groups excluding tert-OH is 1.